The van der Waals surface area contributed by atoms with Crippen molar-refractivity contribution in [3.8, 4) is 0 Å². The van der Waals surface area contributed by atoms with Gasteiger partial charge >= 0.3 is 11.9 Å². The SMILES string of the molecule is CCOC(=O)C(C[C@H](NC(=O)c1ccc(NCc2cnc3nc(N)[nH]c(=O)c3n2)cc1)C(=O)OCC)c1ccccc1S(=O)(=O)O. The van der Waals surface area contributed by atoms with Gasteiger partial charge in [0.1, 0.15) is 6.04 Å². The van der Waals surface area contributed by atoms with Gasteiger partial charge in [0.05, 0.1) is 42.5 Å². The van der Waals surface area contributed by atoms with Crippen LogP contribution in [0.3, 0.4) is 0 Å². The third kappa shape index (κ3) is 8.19. The van der Waals surface area contributed by atoms with Crippen molar-refractivity contribution in [3.63, 3.8) is 0 Å². The van der Waals surface area contributed by atoms with Gasteiger partial charge in [-0.1, -0.05) is 18.2 Å². The predicted octanol–water partition coefficient (Wildman–Crippen LogP) is 1.55. The maximum absolute atomic E-state index is 13.2. The zero-order valence-electron chi connectivity index (χ0n) is 24.7. The number of carbonyl (C=O) groups is 3. The van der Waals surface area contributed by atoms with E-state index in [2.05, 4.69) is 30.6 Å². The summed E-state index contributed by atoms with van der Waals surface area (Å²) in [6.07, 6.45) is 1.02. The van der Waals surface area contributed by atoms with Crippen molar-refractivity contribution in [2.75, 3.05) is 24.3 Å². The van der Waals surface area contributed by atoms with Gasteiger partial charge in [0, 0.05) is 11.3 Å². The van der Waals surface area contributed by atoms with Crippen LogP contribution < -0.4 is 21.9 Å². The Kier molecular flexibility index (Phi) is 10.6. The number of aromatic nitrogens is 4. The summed E-state index contributed by atoms with van der Waals surface area (Å²) in [6.45, 7) is 3.23. The van der Waals surface area contributed by atoms with Crippen molar-refractivity contribution >= 4 is 50.8 Å². The van der Waals surface area contributed by atoms with Crippen LogP contribution in [0.15, 0.2) is 64.4 Å². The van der Waals surface area contributed by atoms with E-state index < -0.39 is 56.8 Å². The van der Waals surface area contributed by atoms with Crippen molar-refractivity contribution in [3.05, 3.63) is 81.9 Å². The average molecular weight is 654 g/mol. The summed E-state index contributed by atoms with van der Waals surface area (Å²) in [5, 5.41) is 5.66. The number of aromatic amines is 1. The molecule has 17 heteroatoms. The van der Waals surface area contributed by atoms with Gasteiger partial charge in [-0.15, -0.1) is 0 Å². The Morgan fingerprint density at radius 2 is 1.67 bits per heavy atom. The zero-order valence-corrected chi connectivity index (χ0v) is 25.5. The number of nitrogens with two attached hydrogens (primary N) is 1. The molecular weight excluding hydrogens is 622 g/mol. The first kappa shape index (κ1) is 33.5. The van der Waals surface area contributed by atoms with E-state index in [9.17, 15) is 32.1 Å². The quantitative estimate of drug-likeness (QED) is 0.102. The molecule has 0 bridgehead atoms. The number of H-pyrrole nitrogens is 1. The number of anilines is 2. The molecule has 0 spiro atoms. The summed E-state index contributed by atoms with van der Waals surface area (Å²) >= 11 is 0. The fourth-order valence-corrected chi connectivity index (χ4v) is 5.28. The van der Waals surface area contributed by atoms with Crippen LogP contribution in [-0.2, 0) is 35.7 Å². The first-order chi connectivity index (χ1) is 21.9. The first-order valence-electron chi connectivity index (χ1n) is 14.0. The van der Waals surface area contributed by atoms with E-state index in [-0.39, 0.29) is 48.0 Å². The molecule has 242 valence electrons. The van der Waals surface area contributed by atoms with Crippen LogP contribution in [0.25, 0.3) is 11.2 Å². The number of esters is 2. The molecule has 0 radical (unpaired) electrons. The van der Waals surface area contributed by atoms with Crippen molar-refractivity contribution in [1.82, 2.24) is 25.3 Å². The van der Waals surface area contributed by atoms with E-state index in [1.807, 2.05) is 0 Å². The molecule has 0 saturated carbocycles. The number of ether oxygens (including phenoxy) is 2. The minimum Gasteiger partial charge on any atom is -0.466 e. The summed E-state index contributed by atoms with van der Waals surface area (Å²) in [4.78, 5) is 65.4. The van der Waals surface area contributed by atoms with Gasteiger partial charge in [0.15, 0.2) is 11.2 Å². The molecule has 16 nitrogen and oxygen atoms in total. The molecule has 2 aromatic carbocycles. The lowest BCUT2D eigenvalue weighted by atomic mass is 9.91. The molecule has 0 aliphatic heterocycles. The molecular formula is C29H31N7O9S. The normalized spacial score (nSPS) is 12.6. The number of amides is 1. The third-order valence-electron chi connectivity index (χ3n) is 6.60. The van der Waals surface area contributed by atoms with Crippen LogP contribution in [-0.4, -0.2) is 70.0 Å². The smallest absolute Gasteiger partial charge is 0.328 e. The van der Waals surface area contributed by atoms with Gasteiger partial charge in [-0.05, 0) is 56.2 Å². The molecule has 46 heavy (non-hydrogen) atoms. The Morgan fingerprint density at radius 3 is 2.35 bits per heavy atom. The molecule has 2 heterocycles. The number of nitrogens with zero attached hydrogens (tertiary/aromatic N) is 3. The number of carbonyl (C=O) groups excluding carboxylic acids is 3. The molecule has 6 N–H and O–H groups in total. The van der Waals surface area contributed by atoms with Gasteiger partial charge in [-0.2, -0.15) is 13.4 Å². The average Bonchev–Trinajstić information content (AvgIpc) is 3.02. The Morgan fingerprint density at radius 1 is 1.00 bits per heavy atom. The highest BCUT2D eigenvalue weighted by Crippen LogP contribution is 2.30. The minimum atomic E-state index is -4.75. The monoisotopic (exact) mass is 653 g/mol. The maximum Gasteiger partial charge on any atom is 0.328 e. The van der Waals surface area contributed by atoms with E-state index in [1.54, 1.807) is 26.0 Å². The Hall–Kier alpha value is -5.42. The van der Waals surface area contributed by atoms with Crippen molar-refractivity contribution in [2.45, 2.75) is 43.7 Å². The molecule has 4 rings (SSSR count). The standard InChI is InChI=1S/C29H31N7O9S/c1-3-44-27(39)20(19-7-5-6-8-22(19)46(41,42)43)13-21(28(40)45-4-2)34-25(37)16-9-11-17(12-10-16)31-14-18-15-32-24-23(33-18)26(38)36-29(30)35-24/h5-12,15,20-21,31H,3-4,13-14H2,1-2H3,(H,34,37)(H,41,42,43)(H3,30,32,35,36,38)/t20?,21-/m0/s1. The number of nitrogens with one attached hydrogen (secondary N) is 3. The van der Waals surface area contributed by atoms with Crippen LogP contribution in [0.4, 0.5) is 11.6 Å². The third-order valence-corrected chi connectivity index (χ3v) is 7.53. The topological polar surface area (TPSA) is 246 Å². The Balaban J connectivity index is 1.51. The first-order valence-corrected chi connectivity index (χ1v) is 15.4. The summed E-state index contributed by atoms with van der Waals surface area (Å²) in [6, 6.07) is 10.0. The predicted molar refractivity (Wildman–Crippen MR) is 164 cm³/mol. The second-order valence-electron chi connectivity index (χ2n) is 9.75. The highest BCUT2D eigenvalue weighted by atomic mass is 32.2. The van der Waals surface area contributed by atoms with E-state index >= 15 is 0 Å². The number of benzene rings is 2. The van der Waals surface area contributed by atoms with E-state index in [1.165, 1.54) is 36.5 Å². The van der Waals surface area contributed by atoms with Gasteiger partial charge in [0.25, 0.3) is 21.6 Å². The summed E-state index contributed by atoms with van der Waals surface area (Å²) < 4.78 is 44.2. The van der Waals surface area contributed by atoms with Crippen molar-refractivity contribution in [2.24, 2.45) is 0 Å². The summed E-state index contributed by atoms with van der Waals surface area (Å²) in [5.74, 6) is -3.83. The zero-order chi connectivity index (χ0) is 33.4. The Labute approximate surface area is 262 Å². The number of hydrogen-bond acceptors (Lipinski definition) is 13. The number of rotatable bonds is 13. The van der Waals surface area contributed by atoms with E-state index in [0.717, 1.165) is 6.07 Å². The van der Waals surface area contributed by atoms with E-state index in [4.69, 9.17) is 15.2 Å². The second-order valence-corrected chi connectivity index (χ2v) is 11.1. The lowest BCUT2D eigenvalue weighted by molar-refractivity contribution is -0.148. The van der Waals surface area contributed by atoms with Gasteiger partial charge in [0.2, 0.25) is 5.95 Å². The van der Waals surface area contributed by atoms with Gasteiger partial charge in [-0.3, -0.25) is 23.9 Å². The molecule has 0 fully saturated rings. The number of nitrogen functional groups attached to an aromatic ring is 1. The molecule has 2 atom stereocenters. The van der Waals surface area contributed by atoms with Crippen LogP contribution in [0.1, 0.15) is 47.8 Å². The molecule has 1 unspecified atom stereocenters. The fourth-order valence-electron chi connectivity index (χ4n) is 4.52. The molecule has 1 amide bonds. The van der Waals surface area contributed by atoms with Crippen molar-refractivity contribution in [1.29, 1.82) is 0 Å². The lowest BCUT2D eigenvalue weighted by Crippen LogP contribution is -2.44. The van der Waals surface area contributed by atoms with Crippen LogP contribution in [0, 0.1) is 0 Å². The molecule has 0 saturated heterocycles. The molecule has 0 aliphatic rings. The highest BCUT2D eigenvalue weighted by Gasteiger charge is 2.34. The van der Waals surface area contributed by atoms with Gasteiger partial charge in [-0.25, -0.2) is 14.8 Å². The molecule has 0 aliphatic carbocycles. The van der Waals surface area contributed by atoms with Crippen molar-refractivity contribution < 1.29 is 36.8 Å². The van der Waals surface area contributed by atoms with Crippen LogP contribution in [0.5, 0.6) is 0 Å². The number of fused-ring (bicyclic) bond motifs is 1. The summed E-state index contributed by atoms with van der Waals surface area (Å²) in [7, 11) is -4.75. The Bertz CT molecular complexity index is 1910. The van der Waals surface area contributed by atoms with Gasteiger partial charge < -0.3 is 25.8 Å². The summed E-state index contributed by atoms with van der Waals surface area (Å²) in [5.41, 5.74) is 6.23. The highest BCUT2D eigenvalue weighted by molar-refractivity contribution is 7.85. The maximum atomic E-state index is 13.2. The largest absolute Gasteiger partial charge is 0.466 e. The van der Waals surface area contributed by atoms with Crippen LogP contribution >= 0.6 is 0 Å². The second kappa shape index (κ2) is 14.6. The van der Waals surface area contributed by atoms with E-state index in [0.29, 0.717) is 11.4 Å². The molecule has 2 aromatic heterocycles. The molecule has 4 aromatic rings. The minimum absolute atomic E-state index is 0.0300. The number of hydrogen-bond donors (Lipinski definition) is 5. The lowest BCUT2D eigenvalue weighted by Gasteiger charge is -2.23. The van der Waals surface area contributed by atoms with Crippen LogP contribution in [0.2, 0.25) is 0 Å². The fraction of sp³-hybridized carbons (Fsp3) is 0.276.